The van der Waals surface area contributed by atoms with Gasteiger partial charge in [0.1, 0.15) is 5.75 Å². The summed E-state index contributed by atoms with van der Waals surface area (Å²) in [6.45, 7) is 0. The van der Waals surface area contributed by atoms with Crippen LogP contribution in [0.5, 0.6) is 5.75 Å². The van der Waals surface area contributed by atoms with Gasteiger partial charge in [-0.2, -0.15) is 0 Å². The second-order valence-corrected chi connectivity index (χ2v) is 5.20. The molecule has 1 saturated heterocycles. The molecule has 0 bridgehead atoms. The van der Waals surface area contributed by atoms with Crippen LogP contribution in [0.4, 0.5) is 0 Å². The molecule has 3 nitrogen and oxygen atoms in total. The van der Waals surface area contributed by atoms with Crippen LogP contribution in [0.25, 0.3) is 0 Å². The summed E-state index contributed by atoms with van der Waals surface area (Å²) in [6.07, 6.45) is 0. The van der Waals surface area contributed by atoms with E-state index < -0.39 is 0 Å². The van der Waals surface area contributed by atoms with Gasteiger partial charge in [0.15, 0.2) is 5.78 Å². The molecule has 1 aliphatic rings. The van der Waals surface area contributed by atoms with Gasteiger partial charge >= 0.3 is 0 Å². The number of methoxy groups -OCH3 is 1. The molecule has 1 heterocycles. The van der Waals surface area contributed by atoms with Crippen LogP contribution < -0.4 is 10.1 Å². The summed E-state index contributed by atoms with van der Waals surface area (Å²) >= 11 is 5.86. The highest BCUT2D eigenvalue weighted by Crippen LogP contribution is 2.32. The van der Waals surface area contributed by atoms with Gasteiger partial charge in [0.05, 0.1) is 19.2 Å². The molecule has 0 saturated carbocycles. The number of Topliss-reactive ketones (excluding diaryl/α,β-unsaturated/α-hetero) is 1. The van der Waals surface area contributed by atoms with Crippen molar-refractivity contribution in [2.24, 2.45) is 0 Å². The molecule has 0 spiro atoms. The highest BCUT2D eigenvalue weighted by molar-refractivity contribution is 6.30. The Kier molecular flexibility index (Phi) is 3.47. The molecule has 0 aliphatic carbocycles. The van der Waals surface area contributed by atoms with Crippen LogP contribution in [0.1, 0.15) is 22.0 Å². The number of halogens is 1. The lowest BCUT2D eigenvalue weighted by atomic mass is 10.0. The van der Waals surface area contributed by atoms with Crippen molar-refractivity contribution in [2.45, 2.75) is 12.1 Å². The van der Waals surface area contributed by atoms with Crippen molar-refractivity contribution in [3.8, 4) is 5.75 Å². The van der Waals surface area contributed by atoms with Crippen molar-refractivity contribution in [1.82, 2.24) is 5.32 Å². The molecule has 0 aromatic heterocycles. The zero-order valence-corrected chi connectivity index (χ0v) is 11.7. The Balaban J connectivity index is 1.71. The fraction of sp³-hybridized carbons (Fsp3) is 0.188. The highest BCUT2D eigenvalue weighted by Gasteiger charge is 2.43. The topological polar surface area (TPSA) is 48.2 Å². The molecule has 4 heteroatoms. The predicted molar refractivity (Wildman–Crippen MR) is 78.4 cm³/mol. The van der Waals surface area contributed by atoms with E-state index in [1.54, 1.807) is 31.4 Å². The molecule has 2 atom stereocenters. The molecular weight excluding hydrogens is 274 g/mol. The first-order valence-corrected chi connectivity index (χ1v) is 6.76. The molecule has 20 heavy (non-hydrogen) atoms. The third kappa shape index (κ3) is 2.55. The number of nitrogens with one attached hydrogen (secondary N) is 1. The summed E-state index contributed by atoms with van der Waals surface area (Å²) in [6, 6.07) is 14.7. The molecule has 3 rings (SSSR count). The normalized spacial score (nSPS) is 20.5. The van der Waals surface area contributed by atoms with E-state index in [4.69, 9.17) is 16.3 Å². The minimum atomic E-state index is -0.149. The summed E-state index contributed by atoms with van der Waals surface area (Å²) in [4.78, 5) is 12.3. The van der Waals surface area contributed by atoms with Crippen LogP contribution in [0, 0.1) is 0 Å². The van der Waals surface area contributed by atoms with Crippen LogP contribution in [0.15, 0.2) is 48.5 Å². The standard InChI is InChI=1S/C16H14ClNO2/c1-20-13-8-4-11(5-9-13)16(19)15-14(18-15)10-2-6-12(17)7-3-10/h2-9,14-15,18H,1H3. The van der Waals surface area contributed by atoms with Gasteiger partial charge in [-0.05, 0) is 42.0 Å². The Morgan fingerprint density at radius 1 is 1.10 bits per heavy atom. The minimum absolute atomic E-state index is 0.0851. The Hall–Kier alpha value is -1.84. The van der Waals surface area contributed by atoms with Crippen molar-refractivity contribution in [3.05, 3.63) is 64.7 Å². The van der Waals surface area contributed by atoms with Gasteiger partial charge in [-0.3, -0.25) is 10.1 Å². The molecule has 0 radical (unpaired) electrons. The molecule has 102 valence electrons. The molecule has 2 aromatic rings. The van der Waals surface area contributed by atoms with Crippen LogP contribution in [0.3, 0.4) is 0 Å². The monoisotopic (exact) mass is 287 g/mol. The first kappa shape index (κ1) is 13.2. The largest absolute Gasteiger partial charge is 0.497 e. The molecular formula is C16H14ClNO2. The van der Waals surface area contributed by atoms with E-state index in [-0.39, 0.29) is 17.9 Å². The number of carbonyl (C=O) groups is 1. The Bertz CT molecular complexity index is 622. The van der Waals surface area contributed by atoms with E-state index in [0.717, 1.165) is 11.3 Å². The molecule has 2 aromatic carbocycles. The van der Waals surface area contributed by atoms with E-state index >= 15 is 0 Å². The average molecular weight is 288 g/mol. The predicted octanol–water partition coefficient (Wildman–Crippen LogP) is 3.24. The van der Waals surface area contributed by atoms with Crippen molar-refractivity contribution in [2.75, 3.05) is 7.11 Å². The van der Waals surface area contributed by atoms with Gasteiger partial charge in [0.2, 0.25) is 0 Å². The van der Waals surface area contributed by atoms with Gasteiger partial charge in [0.25, 0.3) is 0 Å². The molecule has 1 N–H and O–H groups in total. The summed E-state index contributed by atoms with van der Waals surface area (Å²) in [7, 11) is 1.61. The van der Waals surface area contributed by atoms with Gasteiger partial charge in [-0.25, -0.2) is 0 Å². The van der Waals surface area contributed by atoms with E-state index in [1.165, 1.54) is 0 Å². The highest BCUT2D eigenvalue weighted by atomic mass is 35.5. The molecule has 0 amide bonds. The number of carbonyl (C=O) groups excluding carboxylic acids is 1. The maximum Gasteiger partial charge on any atom is 0.181 e. The summed E-state index contributed by atoms with van der Waals surface area (Å²) < 4.78 is 5.09. The molecule has 1 fully saturated rings. The second-order valence-electron chi connectivity index (χ2n) is 4.77. The fourth-order valence-corrected chi connectivity index (χ4v) is 2.38. The van der Waals surface area contributed by atoms with Gasteiger partial charge in [0, 0.05) is 10.6 Å². The summed E-state index contributed by atoms with van der Waals surface area (Å²) in [5.74, 6) is 0.854. The first-order chi connectivity index (χ1) is 9.69. The van der Waals surface area contributed by atoms with Gasteiger partial charge in [-0.1, -0.05) is 23.7 Å². The lowest BCUT2D eigenvalue weighted by molar-refractivity contribution is 0.0988. The van der Waals surface area contributed by atoms with Crippen molar-refractivity contribution in [3.63, 3.8) is 0 Å². The Morgan fingerprint density at radius 2 is 1.75 bits per heavy atom. The number of ether oxygens (including phenoxy) is 1. The number of benzene rings is 2. The van der Waals surface area contributed by atoms with Crippen LogP contribution in [-0.4, -0.2) is 18.9 Å². The third-order valence-corrected chi connectivity index (χ3v) is 3.72. The smallest absolute Gasteiger partial charge is 0.181 e. The molecule has 1 aliphatic heterocycles. The zero-order valence-electron chi connectivity index (χ0n) is 11.0. The summed E-state index contributed by atoms with van der Waals surface area (Å²) in [5.41, 5.74) is 1.78. The van der Waals surface area contributed by atoms with Crippen LogP contribution >= 0.6 is 11.6 Å². The van der Waals surface area contributed by atoms with Crippen LogP contribution in [0.2, 0.25) is 5.02 Å². The third-order valence-electron chi connectivity index (χ3n) is 3.47. The lowest BCUT2D eigenvalue weighted by Crippen LogP contribution is -2.10. The fourth-order valence-electron chi connectivity index (χ4n) is 2.26. The van der Waals surface area contributed by atoms with E-state index in [0.29, 0.717) is 10.6 Å². The Morgan fingerprint density at radius 3 is 2.35 bits per heavy atom. The maximum atomic E-state index is 12.3. The van der Waals surface area contributed by atoms with E-state index in [2.05, 4.69) is 5.32 Å². The zero-order chi connectivity index (χ0) is 14.1. The number of hydrogen-bond donors (Lipinski definition) is 1. The van der Waals surface area contributed by atoms with E-state index in [1.807, 2.05) is 24.3 Å². The first-order valence-electron chi connectivity index (χ1n) is 6.39. The molecule has 2 unspecified atom stereocenters. The van der Waals surface area contributed by atoms with Crippen molar-refractivity contribution < 1.29 is 9.53 Å². The Labute approximate surface area is 122 Å². The van der Waals surface area contributed by atoms with Crippen molar-refractivity contribution >= 4 is 17.4 Å². The SMILES string of the molecule is COc1ccc(C(=O)C2NC2c2ccc(Cl)cc2)cc1. The average Bonchev–Trinajstić information content (AvgIpc) is 3.28. The second kappa shape index (κ2) is 5.27. The maximum absolute atomic E-state index is 12.3. The van der Waals surface area contributed by atoms with Gasteiger partial charge < -0.3 is 4.74 Å². The van der Waals surface area contributed by atoms with Gasteiger partial charge in [-0.15, -0.1) is 0 Å². The van der Waals surface area contributed by atoms with Crippen molar-refractivity contribution in [1.29, 1.82) is 0 Å². The minimum Gasteiger partial charge on any atom is -0.497 e. The number of rotatable bonds is 4. The van der Waals surface area contributed by atoms with E-state index in [9.17, 15) is 4.79 Å². The quantitative estimate of drug-likeness (QED) is 0.694. The summed E-state index contributed by atoms with van der Waals surface area (Å²) in [5, 5.41) is 3.91. The van der Waals surface area contributed by atoms with Crippen LogP contribution in [-0.2, 0) is 0 Å². The number of ketones is 1. The lowest BCUT2D eigenvalue weighted by Gasteiger charge is -2.02. The number of hydrogen-bond acceptors (Lipinski definition) is 3.